The number of hydrogen-bond donors (Lipinski definition) is 1. The Bertz CT molecular complexity index is 1420. The van der Waals surface area contributed by atoms with Gasteiger partial charge in [-0.3, -0.25) is 9.59 Å². The third kappa shape index (κ3) is 4.76. The Morgan fingerprint density at radius 3 is 2.50 bits per heavy atom. The van der Waals surface area contributed by atoms with Gasteiger partial charge in [-0.1, -0.05) is 30.3 Å². The molecule has 1 amide bonds. The molecular formula is C24H19FN4O4S. The lowest BCUT2D eigenvalue weighted by atomic mass is 10.2. The number of nitrogens with one attached hydrogen (secondary N) is 1. The molecule has 0 atom stereocenters. The van der Waals surface area contributed by atoms with E-state index in [0.717, 1.165) is 16.3 Å². The highest BCUT2D eigenvalue weighted by molar-refractivity contribution is 7.17. The van der Waals surface area contributed by atoms with Crippen LogP contribution in [-0.2, 0) is 4.74 Å². The Balaban J connectivity index is 1.71. The molecule has 2 aromatic carbocycles. The summed E-state index contributed by atoms with van der Waals surface area (Å²) in [7, 11) is 0. The Kier molecular flexibility index (Phi) is 6.60. The Labute approximate surface area is 197 Å². The molecule has 0 saturated heterocycles. The number of benzene rings is 2. The minimum atomic E-state index is -0.820. The van der Waals surface area contributed by atoms with Gasteiger partial charge in [0.2, 0.25) is 0 Å². The Morgan fingerprint density at radius 1 is 1.12 bits per heavy atom. The van der Waals surface area contributed by atoms with E-state index in [1.54, 1.807) is 13.8 Å². The standard InChI is InChI=1S/C24H19FN4O4S/c1-3-33-24(32)20-18(13-19(30)29(28-20)17-11-9-16(25)10-12-17)27-22(31)21-14(2)26-23(34-21)15-7-5-4-6-8-15/h4-13H,3H2,1-2H3,(H,27,31). The van der Waals surface area contributed by atoms with Crippen molar-refractivity contribution in [1.29, 1.82) is 0 Å². The van der Waals surface area contributed by atoms with Crippen LogP contribution < -0.4 is 10.9 Å². The van der Waals surface area contributed by atoms with E-state index in [9.17, 15) is 18.8 Å². The molecule has 0 aliphatic heterocycles. The highest BCUT2D eigenvalue weighted by atomic mass is 32.1. The summed E-state index contributed by atoms with van der Waals surface area (Å²) in [6.45, 7) is 3.39. The summed E-state index contributed by atoms with van der Waals surface area (Å²) < 4.78 is 19.3. The molecule has 2 heterocycles. The fraction of sp³-hybridized carbons (Fsp3) is 0.125. The molecule has 10 heteroatoms. The van der Waals surface area contributed by atoms with Crippen molar-refractivity contribution in [2.75, 3.05) is 11.9 Å². The van der Waals surface area contributed by atoms with Crippen molar-refractivity contribution in [2.24, 2.45) is 0 Å². The molecule has 4 aromatic rings. The third-order valence-electron chi connectivity index (χ3n) is 4.74. The van der Waals surface area contributed by atoms with Crippen molar-refractivity contribution in [3.8, 4) is 16.3 Å². The number of halogens is 1. The van der Waals surface area contributed by atoms with Crippen LogP contribution in [0.15, 0.2) is 65.5 Å². The van der Waals surface area contributed by atoms with Gasteiger partial charge in [0.25, 0.3) is 11.5 Å². The van der Waals surface area contributed by atoms with E-state index in [0.29, 0.717) is 15.6 Å². The monoisotopic (exact) mass is 478 g/mol. The topological polar surface area (TPSA) is 103 Å². The summed E-state index contributed by atoms with van der Waals surface area (Å²) in [5.74, 6) is -1.84. The summed E-state index contributed by atoms with van der Waals surface area (Å²) in [6, 6.07) is 15.5. The number of amides is 1. The largest absolute Gasteiger partial charge is 0.461 e. The van der Waals surface area contributed by atoms with E-state index in [4.69, 9.17) is 4.74 Å². The lowest BCUT2D eigenvalue weighted by Gasteiger charge is -2.12. The number of carbonyl (C=O) groups excluding carboxylic acids is 2. The molecule has 0 aliphatic carbocycles. The van der Waals surface area contributed by atoms with Crippen molar-refractivity contribution in [2.45, 2.75) is 13.8 Å². The van der Waals surface area contributed by atoms with Crippen LogP contribution in [0.25, 0.3) is 16.3 Å². The maximum absolute atomic E-state index is 13.3. The van der Waals surface area contributed by atoms with Crippen LogP contribution in [0.5, 0.6) is 0 Å². The van der Waals surface area contributed by atoms with Crippen LogP contribution >= 0.6 is 11.3 Å². The van der Waals surface area contributed by atoms with Crippen LogP contribution in [0.2, 0.25) is 0 Å². The number of ether oxygens (including phenoxy) is 1. The summed E-state index contributed by atoms with van der Waals surface area (Å²) in [5, 5.41) is 7.35. The van der Waals surface area contributed by atoms with Gasteiger partial charge in [-0.2, -0.15) is 9.78 Å². The molecule has 4 rings (SSSR count). The lowest BCUT2D eigenvalue weighted by molar-refractivity contribution is 0.0518. The first kappa shape index (κ1) is 23.0. The van der Waals surface area contributed by atoms with E-state index in [2.05, 4.69) is 15.4 Å². The highest BCUT2D eigenvalue weighted by Gasteiger charge is 2.23. The van der Waals surface area contributed by atoms with Crippen LogP contribution in [-0.4, -0.2) is 33.2 Å². The second-order valence-corrected chi connectivity index (χ2v) is 8.11. The predicted octanol–water partition coefficient (Wildman–Crippen LogP) is 4.23. The second kappa shape index (κ2) is 9.75. The average molecular weight is 479 g/mol. The minimum absolute atomic E-state index is 0.0674. The first-order valence-corrected chi connectivity index (χ1v) is 11.1. The number of rotatable bonds is 6. The molecule has 34 heavy (non-hydrogen) atoms. The van der Waals surface area contributed by atoms with Gasteiger partial charge in [0, 0.05) is 11.6 Å². The van der Waals surface area contributed by atoms with Gasteiger partial charge in [0.1, 0.15) is 15.7 Å². The lowest BCUT2D eigenvalue weighted by Crippen LogP contribution is -2.27. The third-order valence-corrected chi connectivity index (χ3v) is 5.95. The van der Waals surface area contributed by atoms with Gasteiger partial charge in [0.15, 0.2) is 5.69 Å². The summed E-state index contributed by atoms with van der Waals surface area (Å²) in [6.07, 6.45) is 0. The molecule has 0 spiro atoms. The van der Waals surface area contributed by atoms with Gasteiger partial charge < -0.3 is 10.1 Å². The predicted molar refractivity (Wildman–Crippen MR) is 126 cm³/mol. The molecule has 0 unspecified atom stereocenters. The van der Waals surface area contributed by atoms with Crippen molar-refractivity contribution in [1.82, 2.24) is 14.8 Å². The number of aryl methyl sites for hydroxylation is 1. The fourth-order valence-corrected chi connectivity index (χ4v) is 4.13. The number of nitrogens with zero attached hydrogens (tertiary/aromatic N) is 3. The van der Waals surface area contributed by atoms with Gasteiger partial charge in [-0.25, -0.2) is 14.2 Å². The van der Waals surface area contributed by atoms with Crippen LogP contribution in [0.1, 0.15) is 32.8 Å². The molecule has 0 aliphatic rings. The van der Waals surface area contributed by atoms with Crippen LogP contribution in [0, 0.1) is 12.7 Å². The fourth-order valence-electron chi connectivity index (χ4n) is 3.16. The van der Waals surface area contributed by atoms with Crippen LogP contribution in [0.4, 0.5) is 10.1 Å². The number of carbonyl (C=O) groups is 2. The molecule has 8 nitrogen and oxygen atoms in total. The molecule has 1 N–H and O–H groups in total. The summed E-state index contributed by atoms with van der Waals surface area (Å²) >= 11 is 1.19. The number of anilines is 1. The number of esters is 1. The number of thiazole rings is 1. The molecule has 0 radical (unpaired) electrons. The van der Waals surface area contributed by atoms with Crippen LogP contribution in [0.3, 0.4) is 0 Å². The number of aromatic nitrogens is 3. The summed E-state index contributed by atoms with van der Waals surface area (Å²) in [4.78, 5) is 43.1. The Morgan fingerprint density at radius 2 is 1.82 bits per heavy atom. The summed E-state index contributed by atoms with van der Waals surface area (Å²) in [5.41, 5.74) is 0.643. The maximum atomic E-state index is 13.3. The zero-order valence-corrected chi connectivity index (χ0v) is 19.1. The molecule has 0 saturated carbocycles. The smallest absolute Gasteiger partial charge is 0.360 e. The average Bonchev–Trinajstić information content (AvgIpc) is 3.22. The maximum Gasteiger partial charge on any atom is 0.360 e. The van der Waals surface area contributed by atoms with Gasteiger partial charge in [-0.15, -0.1) is 11.3 Å². The SMILES string of the molecule is CCOC(=O)c1nn(-c2ccc(F)cc2)c(=O)cc1NC(=O)c1sc(-c2ccccc2)nc1C. The normalized spacial score (nSPS) is 10.7. The van der Waals surface area contributed by atoms with E-state index < -0.39 is 23.3 Å². The molecule has 0 bridgehead atoms. The van der Waals surface area contributed by atoms with Crippen molar-refractivity contribution in [3.63, 3.8) is 0 Å². The van der Waals surface area contributed by atoms with Crippen molar-refractivity contribution < 1.29 is 18.7 Å². The first-order valence-electron chi connectivity index (χ1n) is 10.3. The molecule has 2 aromatic heterocycles. The van der Waals surface area contributed by atoms with Crippen molar-refractivity contribution >= 4 is 28.9 Å². The van der Waals surface area contributed by atoms with Crippen molar-refractivity contribution in [3.05, 3.63) is 93.1 Å². The van der Waals surface area contributed by atoms with E-state index in [1.165, 1.54) is 35.6 Å². The van der Waals surface area contributed by atoms with Gasteiger partial charge >= 0.3 is 5.97 Å². The molecule has 0 fully saturated rings. The zero-order valence-electron chi connectivity index (χ0n) is 18.2. The van der Waals surface area contributed by atoms with E-state index in [-0.39, 0.29) is 23.7 Å². The zero-order chi connectivity index (χ0) is 24.2. The first-order chi connectivity index (χ1) is 16.4. The number of hydrogen-bond acceptors (Lipinski definition) is 7. The second-order valence-electron chi connectivity index (χ2n) is 7.11. The quantitative estimate of drug-likeness (QED) is 0.416. The molecular weight excluding hydrogens is 459 g/mol. The van der Waals surface area contributed by atoms with Gasteiger partial charge in [-0.05, 0) is 38.1 Å². The van der Waals surface area contributed by atoms with E-state index >= 15 is 0 Å². The van der Waals surface area contributed by atoms with Gasteiger partial charge in [0.05, 0.1) is 23.7 Å². The van der Waals surface area contributed by atoms with E-state index in [1.807, 2.05) is 30.3 Å². The highest BCUT2D eigenvalue weighted by Crippen LogP contribution is 2.28. The minimum Gasteiger partial charge on any atom is -0.461 e. The molecule has 172 valence electrons. The Hall–Kier alpha value is -4.18.